The number of aliphatic hydroxyl groups excluding tert-OH is 1. The lowest BCUT2D eigenvalue weighted by molar-refractivity contribution is -0.161. The van der Waals surface area contributed by atoms with Crippen molar-refractivity contribution in [2.24, 2.45) is 23.7 Å². The molecule has 0 aromatic rings. The van der Waals surface area contributed by atoms with Gasteiger partial charge in [-0.1, -0.05) is 357 Å². The summed E-state index contributed by atoms with van der Waals surface area (Å²) in [4.78, 5) is 73.0. The van der Waals surface area contributed by atoms with Crippen molar-refractivity contribution in [3.63, 3.8) is 0 Å². The van der Waals surface area contributed by atoms with E-state index in [-0.39, 0.29) is 25.7 Å². The van der Waals surface area contributed by atoms with E-state index in [0.717, 1.165) is 114 Å². The summed E-state index contributed by atoms with van der Waals surface area (Å²) in [6, 6.07) is 0. The fourth-order valence-corrected chi connectivity index (χ4v) is 13.8. The lowest BCUT2D eigenvalue weighted by atomic mass is 9.99. The molecule has 588 valence electrons. The Morgan fingerprint density at radius 1 is 0.283 bits per heavy atom. The fourth-order valence-electron chi connectivity index (χ4n) is 12.2. The number of phosphoric acid groups is 2. The number of carbonyl (C=O) groups is 4. The second-order valence-electron chi connectivity index (χ2n) is 30.2. The quantitative estimate of drug-likeness (QED) is 0.0222. The normalized spacial score (nSPS) is 14.6. The minimum Gasteiger partial charge on any atom is -0.462 e. The van der Waals surface area contributed by atoms with Crippen LogP contribution in [0.4, 0.5) is 0 Å². The molecule has 17 nitrogen and oxygen atoms in total. The molecule has 0 spiro atoms. The van der Waals surface area contributed by atoms with E-state index in [0.29, 0.717) is 25.7 Å². The number of phosphoric ester groups is 2. The number of unbranched alkanes of at least 4 members (excludes halogenated alkanes) is 41. The second kappa shape index (κ2) is 69.1. The lowest BCUT2D eigenvalue weighted by Gasteiger charge is -2.21. The summed E-state index contributed by atoms with van der Waals surface area (Å²) in [5.74, 6) is 1.02. The van der Waals surface area contributed by atoms with Gasteiger partial charge in [0.05, 0.1) is 26.4 Å². The van der Waals surface area contributed by atoms with Gasteiger partial charge in [-0.15, -0.1) is 0 Å². The van der Waals surface area contributed by atoms with Crippen LogP contribution in [-0.2, 0) is 65.4 Å². The van der Waals surface area contributed by atoms with Gasteiger partial charge in [0.2, 0.25) is 0 Å². The molecule has 0 aliphatic carbocycles. The highest BCUT2D eigenvalue weighted by Gasteiger charge is 2.30. The van der Waals surface area contributed by atoms with E-state index in [1.165, 1.54) is 212 Å². The van der Waals surface area contributed by atoms with Gasteiger partial charge < -0.3 is 33.8 Å². The van der Waals surface area contributed by atoms with Crippen molar-refractivity contribution in [1.29, 1.82) is 0 Å². The van der Waals surface area contributed by atoms with Crippen molar-refractivity contribution < 1.29 is 80.2 Å². The maximum absolute atomic E-state index is 13.1. The van der Waals surface area contributed by atoms with E-state index in [4.69, 9.17) is 37.0 Å². The third-order valence-corrected chi connectivity index (χ3v) is 21.2. The Morgan fingerprint density at radius 2 is 0.485 bits per heavy atom. The van der Waals surface area contributed by atoms with E-state index < -0.39 is 97.5 Å². The molecule has 0 amide bonds. The van der Waals surface area contributed by atoms with Gasteiger partial charge in [0, 0.05) is 25.7 Å². The van der Waals surface area contributed by atoms with Crippen molar-refractivity contribution in [1.82, 2.24) is 0 Å². The lowest BCUT2D eigenvalue weighted by Crippen LogP contribution is -2.30. The molecule has 0 bridgehead atoms. The Morgan fingerprint density at radius 3 is 0.717 bits per heavy atom. The molecule has 0 radical (unpaired) electrons. The highest BCUT2D eigenvalue weighted by Crippen LogP contribution is 2.45. The molecule has 0 aromatic carbocycles. The topological polar surface area (TPSA) is 237 Å². The van der Waals surface area contributed by atoms with Gasteiger partial charge in [0.1, 0.15) is 19.3 Å². The number of hydrogen-bond donors (Lipinski definition) is 3. The third-order valence-electron chi connectivity index (χ3n) is 19.3. The van der Waals surface area contributed by atoms with E-state index in [2.05, 4.69) is 55.4 Å². The van der Waals surface area contributed by atoms with Crippen LogP contribution in [0, 0.1) is 23.7 Å². The molecule has 0 aliphatic rings. The summed E-state index contributed by atoms with van der Waals surface area (Å²) in [7, 11) is -9.92. The first kappa shape index (κ1) is 97.1. The van der Waals surface area contributed by atoms with E-state index in [1.807, 2.05) is 0 Å². The summed E-state index contributed by atoms with van der Waals surface area (Å²) < 4.78 is 68.7. The maximum Gasteiger partial charge on any atom is 0.472 e. The van der Waals surface area contributed by atoms with Crippen LogP contribution in [0.15, 0.2) is 0 Å². The predicted molar refractivity (Wildman–Crippen MR) is 404 cm³/mol. The van der Waals surface area contributed by atoms with Crippen LogP contribution in [-0.4, -0.2) is 96.7 Å². The molecule has 0 saturated carbocycles. The van der Waals surface area contributed by atoms with Gasteiger partial charge in [-0.05, 0) is 49.4 Å². The molecule has 99 heavy (non-hydrogen) atoms. The molecule has 4 unspecified atom stereocenters. The SMILES string of the molecule is CCC(C)CCCCCCCCCCC(=O)OC[C@H](COP(=O)(O)OC[C@H](O)COP(=O)(O)OC[C@@H](COC(=O)CCCCCCCCCCCCCC(C)C)OC(=O)CCCCCCCCCCCCCCCCCCCCC(C)C)OC(=O)CCCCCCCCCCC(C)CC. The molecular weight excluding hydrogens is 1290 g/mol. The van der Waals surface area contributed by atoms with Crippen molar-refractivity contribution >= 4 is 39.5 Å². The van der Waals surface area contributed by atoms with Gasteiger partial charge in [-0.25, -0.2) is 9.13 Å². The maximum atomic E-state index is 13.1. The summed E-state index contributed by atoms with van der Waals surface area (Å²) in [5.41, 5.74) is 0. The Labute approximate surface area is 607 Å². The molecule has 0 rings (SSSR count). The van der Waals surface area contributed by atoms with Gasteiger partial charge in [0.25, 0.3) is 0 Å². The zero-order chi connectivity index (χ0) is 73.1. The van der Waals surface area contributed by atoms with E-state index in [9.17, 15) is 43.2 Å². The van der Waals surface area contributed by atoms with Gasteiger partial charge >= 0.3 is 39.5 Å². The number of aliphatic hydroxyl groups is 1. The average Bonchev–Trinajstić information content (AvgIpc) is 1.04. The van der Waals surface area contributed by atoms with Crippen molar-refractivity contribution in [2.45, 2.75) is 427 Å². The van der Waals surface area contributed by atoms with Gasteiger partial charge in [-0.3, -0.25) is 37.3 Å². The van der Waals surface area contributed by atoms with E-state index >= 15 is 0 Å². The fraction of sp³-hybridized carbons (Fsp3) is 0.950. The zero-order valence-electron chi connectivity index (χ0n) is 65.1. The summed E-state index contributed by atoms with van der Waals surface area (Å²) >= 11 is 0. The predicted octanol–water partition coefficient (Wildman–Crippen LogP) is 23.6. The number of esters is 4. The smallest absolute Gasteiger partial charge is 0.462 e. The van der Waals surface area contributed by atoms with Crippen LogP contribution in [0.1, 0.15) is 409 Å². The number of ether oxygens (including phenoxy) is 4. The number of hydrogen-bond acceptors (Lipinski definition) is 15. The molecule has 19 heteroatoms. The van der Waals surface area contributed by atoms with Gasteiger partial charge in [0.15, 0.2) is 12.2 Å². The Balaban J connectivity index is 5.24. The standard InChI is InChI=1S/C80H156O17P2/c1-9-72(7)58-50-42-34-28-30-37-45-53-61-78(83)91-67-76(97-80(85)63-55-47-39-31-29-35-43-51-59-73(8)10-2)69-95-99(88,89)93-65-74(81)64-92-98(86,87)94-68-75(66-90-77(82)60-52-44-36-26-23-19-21-25-33-41-49-57-71(5)6)96-79(84)62-54-46-38-27-22-18-16-14-12-11-13-15-17-20-24-32-40-48-56-70(3)4/h70-76,81H,9-69H2,1-8H3,(H,86,87)(H,88,89)/t72?,73?,74-,75-,76-/m1/s1. The summed E-state index contributed by atoms with van der Waals surface area (Å²) in [6.07, 6.45) is 55.4. The van der Waals surface area contributed by atoms with Gasteiger partial charge in [-0.2, -0.15) is 0 Å². The first-order valence-corrected chi connectivity index (χ1v) is 44.3. The van der Waals surface area contributed by atoms with Crippen molar-refractivity contribution in [3.8, 4) is 0 Å². The summed E-state index contributed by atoms with van der Waals surface area (Å²) in [5, 5.41) is 10.6. The molecule has 0 aliphatic heterocycles. The highest BCUT2D eigenvalue weighted by molar-refractivity contribution is 7.47. The van der Waals surface area contributed by atoms with Crippen LogP contribution < -0.4 is 0 Å². The molecule has 0 fully saturated rings. The van der Waals surface area contributed by atoms with Crippen LogP contribution in [0.3, 0.4) is 0 Å². The van der Waals surface area contributed by atoms with Crippen molar-refractivity contribution in [2.75, 3.05) is 39.6 Å². The number of carbonyl (C=O) groups excluding carboxylic acids is 4. The van der Waals surface area contributed by atoms with Crippen LogP contribution in [0.5, 0.6) is 0 Å². The van der Waals surface area contributed by atoms with Crippen LogP contribution in [0.25, 0.3) is 0 Å². The van der Waals surface area contributed by atoms with Crippen LogP contribution >= 0.6 is 15.6 Å². The average molecular weight is 1450 g/mol. The van der Waals surface area contributed by atoms with Crippen molar-refractivity contribution in [3.05, 3.63) is 0 Å². The Bertz CT molecular complexity index is 1940. The molecule has 0 heterocycles. The zero-order valence-corrected chi connectivity index (χ0v) is 66.9. The molecule has 0 aromatic heterocycles. The monoisotopic (exact) mass is 1450 g/mol. The first-order chi connectivity index (χ1) is 47.7. The Hall–Kier alpha value is -1.94. The Kier molecular flexibility index (Phi) is 67.8. The summed E-state index contributed by atoms with van der Waals surface area (Å²) in [6.45, 7) is 14.3. The molecule has 0 saturated heterocycles. The highest BCUT2D eigenvalue weighted by atomic mass is 31.2. The molecular formula is C80H156O17P2. The first-order valence-electron chi connectivity index (χ1n) is 41.3. The molecule has 7 atom stereocenters. The number of rotatable bonds is 77. The molecule has 3 N–H and O–H groups in total. The third kappa shape index (κ3) is 71.5. The largest absolute Gasteiger partial charge is 0.472 e. The van der Waals surface area contributed by atoms with Crippen LogP contribution in [0.2, 0.25) is 0 Å². The minimum atomic E-state index is -4.96. The van der Waals surface area contributed by atoms with E-state index in [1.54, 1.807) is 0 Å². The second-order valence-corrected chi connectivity index (χ2v) is 33.1. The minimum absolute atomic E-state index is 0.104.